The smallest absolute Gasteiger partial charge is 0.369 e. The van der Waals surface area contributed by atoms with Crippen LogP contribution in [0.4, 0.5) is 18.9 Å². The van der Waals surface area contributed by atoms with E-state index in [2.05, 4.69) is 4.90 Å². The van der Waals surface area contributed by atoms with Gasteiger partial charge in [0.1, 0.15) is 0 Å². The van der Waals surface area contributed by atoms with E-state index >= 15 is 0 Å². The number of benzene rings is 2. The monoisotopic (exact) mass is 432 g/mol. The van der Waals surface area contributed by atoms with Crippen molar-refractivity contribution in [3.63, 3.8) is 0 Å². The fourth-order valence-corrected chi connectivity index (χ4v) is 4.30. The van der Waals surface area contributed by atoms with E-state index in [1.54, 1.807) is 6.07 Å². The van der Waals surface area contributed by atoms with Gasteiger partial charge in [-0.05, 0) is 44.2 Å². The summed E-state index contributed by atoms with van der Waals surface area (Å²) in [4.78, 5) is 17.2. The number of aromatic nitrogens is 2. The van der Waals surface area contributed by atoms with Gasteiger partial charge in [0.15, 0.2) is 0 Å². The Morgan fingerprint density at radius 1 is 0.903 bits per heavy atom. The Labute approximate surface area is 179 Å². The lowest BCUT2D eigenvalue weighted by atomic mass is 10.1. The van der Waals surface area contributed by atoms with Gasteiger partial charge in [0.2, 0.25) is 0 Å². The minimum absolute atomic E-state index is 0.00111. The minimum Gasteiger partial charge on any atom is -0.369 e. The van der Waals surface area contributed by atoms with Crippen molar-refractivity contribution in [1.29, 1.82) is 0 Å². The molecule has 1 saturated heterocycles. The second-order valence-electron chi connectivity index (χ2n) is 8.26. The molecule has 0 N–H and O–H groups in total. The first-order chi connectivity index (χ1) is 14.8. The summed E-state index contributed by atoms with van der Waals surface area (Å²) in [5.74, 6) is 0. The van der Waals surface area contributed by atoms with Crippen molar-refractivity contribution in [2.24, 2.45) is 0 Å². The highest BCUT2D eigenvalue weighted by Crippen LogP contribution is 2.31. The molecular weight excluding hydrogens is 405 g/mol. The van der Waals surface area contributed by atoms with Crippen LogP contribution in [0.15, 0.2) is 53.3 Å². The molecular formula is C23H27F3N4O. The van der Waals surface area contributed by atoms with E-state index in [1.165, 1.54) is 12.1 Å². The Morgan fingerprint density at radius 2 is 1.58 bits per heavy atom. The van der Waals surface area contributed by atoms with E-state index in [1.807, 2.05) is 52.1 Å². The first-order valence-electron chi connectivity index (χ1n) is 10.6. The van der Waals surface area contributed by atoms with Gasteiger partial charge < -0.3 is 4.90 Å². The van der Waals surface area contributed by atoms with Crippen LogP contribution in [0, 0.1) is 0 Å². The molecule has 31 heavy (non-hydrogen) atoms. The van der Waals surface area contributed by atoms with Gasteiger partial charge in [-0.3, -0.25) is 14.0 Å². The van der Waals surface area contributed by atoms with Gasteiger partial charge in [0.25, 0.3) is 0 Å². The van der Waals surface area contributed by atoms with E-state index in [0.29, 0.717) is 25.3 Å². The number of hydrogen-bond donors (Lipinski definition) is 0. The van der Waals surface area contributed by atoms with Crippen LogP contribution in [0.5, 0.6) is 0 Å². The van der Waals surface area contributed by atoms with Crippen LogP contribution < -0.4 is 10.6 Å². The van der Waals surface area contributed by atoms with Crippen LogP contribution in [-0.2, 0) is 12.7 Å². The van der Waals surface area contributed by atoms with Crippen LogP contribution in [0.25, 0.3) is 11.0 Å². The molecule has 0 radical (unpaired) electrons. The summed E-state index contributed by atoms with van der Waals surface area (Å²) in [6.07, 6.45) is -4.33. The molecule has 3 aromatic rings. The maximum Gasteiger partial charge on any atom is 0.416 e. The van der Waals surface area contributed by atoms with Gasteiger partial charge >= 0.3 is 11.9 Å². The van der Waals surface area contributed by atoms with Crippen molar-refractivity contribution in [3.8, 4) is 0 Å². The molecule has 1 aliphatic heterocycles. The first-order valence-corrected chi connectivity index (χ1v) is 10.6. The number of rotatable bonds is 5. The lowest BCUT2D eigenvalue weighted by Gasteiger charge is -2.36. The zero-order valence-corrected chi connectivity index (χ0v) is 17.8. The second-order valence-corrected chi connectivity index (χ2v) is 8.26. The fraction of sp³-hybridized carbons (Fsp3) is 0.435. The van der Waals surface area contributed by atoms with Crippen molar-refractivity contribution in [3.05, 3.63) is 64.6 Å². The average Bonchev–Trinajstić information content (AvgIpc) is 3.03. The van der Waals surface area contributed by atoms with Gasteiger partial charge in [0, 0.05) is 51.0 Å². The Kier molecular flexibility index (Phi) is 5.83. The standard InChI is InChI=1S/C23H27F3N4O/c1-17(2)30-21-9-4-3-8-20(21)29(22(30)31)15-12-27-10-13-28(14-11-27)19-7-5-6-18(16-19)23(24,25)26/h3-9,16-17H,10-15H2,1-2H3. The molecule has 0 aliphatic carbocycles. The molecule has 0 saturated carbocycles. The van der Waals surface area contributed by atoms with E-state index in [9.17, 15) is 18.0 Å². The highest BCUT2D eigenvalue weighted by Gasteiger charge is 2.31. The number of hydrogen-bond acceptors (Lipinski definition) is 3. The van der Waals surface area contributed by atoms with E-state index in [-0.39, 0.29) is 11.7 Å². The van der Waals surface area contributed by atoms with Gasteiger partial charge in [-0.25, -0.2) is 4.79 Å². The SMILES string of the molecule is CC(C)n1c(=O)n(CCN2CCN(c3cccc(C(F)(F)F)c3)CC2)c2ccccc21. The Bertz CT molecular complexity index is 1110. The summed E-state index contributed by atoms with van der Waals surface area (Å²) in [6.45, 7) is 8.12. The molecule has 1 aliphatic rings. The third kappa shape index (κ3) is 4.35. The lowest BCUT2D eigenvalue weighted by molar-refractivity contribution is -0.137. The van der Waals surface area contributed by atoms with Crippen molar-refractivity contribution >= 4 is 16.7 Å². The van der Waals surface area contributed by atoms with Crippen LogP contribution >= 0.6 is 0 Å². The van der Waals surface area contributed by atoms with E-state index in [4.69, 9.17) is 0 Å². The number of piperazine rings is 1. The molecule has 5 nitrogen and oxygen atoms in total. The zero-order chi connectivity index (χ0) is 22.2. The van der Waals surface area contributed by atoms with Crippen LogP contribution in [-0.4, -0.2) is 46.8 Å². The number of fused-ring (bicyclic) bond motifs is 1. The summed E-state index contributed by atoms with van der Waals surface area (Å²) in [6, 6.07) is 13.4. The largest absolute Gasteiger partial charge is 0.416 e. The summed E-state index contributed by atoms with van der Waals surface area (Å²) < 4.78 is 42.6. The lowest BCUT2D eigenvalue weighted by Crippen LogP contribution is -2.47. The van der Waals surface area contributed by atoms with Crippen LogP contribution in [0.2, 0.25) is 0 Å². The zero-order valence-electron chi connectivity index (χ0n) is 17.8. The average molecular weight is 432 g/mol. The molecule has 0 spiro atoms. The quantitative estimate of drug-likeness (QED) is 0.605. The third-order valence-corrected chi connectivity index (χ3v) is 5.94. The molecule has 2 heterocycles. The molecule has 0 amide bonds. The van der Waals surface area contributed by atoms with Crippen molar-refractivity contribution in [2.75, 3.05) is 37.6 Å². The fourth-order valence-electron chi connectivity index (χ4n) is 4.30. The summed E-state index contributed by atoms with van der Waals surface area (Å²) >= 11 is 0. The highest BCUT2D eigenvalue weighted by molar-refractivity contribution is 5.76. The van der Waals surface area contributed by atoms with Gasteiger partial charge in [-0.1, -0.05) is 18.2 Å². The minimum atomic E-state index is -4.33. The number of alkyl halides is 3. The molecule has 1 aromatic heterocycles. The third-order valence-electron chi connectivity index (χ3n) is 5.94. The number of halogens is 3. The molecule has 0 atom stereocenters. The number of para-hydroxylation sites is 2. The molecule has 0 unspecified atom stereocenters. The van der Waals surface area contributed by atoms with E-state index in [0.717, 1.165) is 36.7 Å². The molecule has 4 rings (SSSR count). The molecule has 166 valence electrons. The predicted molar refractivity (Wildman–Crippen MR) is 117 cm³/mol. The van der Waals surface area contributed by atoms with Crippen molar-refractivity contribution < 1.29 is 13.2 Å². The Balaban J connectivity index is 1.42. The first kappa shape index (κ1) is 21.5. The van der Waals surface area contributed by atoms with Gasteiger partial charge in [-0.15, -0.1) is 0 Å². The Hall–Kier alpha value is -2.74. The topological polar surface area (TPSA) is 33.4 Å². The van der Waals surface area contributed by atoms with Crippen LogP contribution in [0.1, 0.15) is 25.5 Å². The molecule has 0 bridgehead atoms. The normalized spacial score (nSPS) is 15.9. The van der Waals surface area contributed by atoms with Crippen LogP contribution in [0.3, 0.4) is 0 Å². The molecule has 1 fully saturated rings. The van der Waals surface area contributed by atoms with Gasteiger partial charge in [-0.2, -0.15) is 13.2 Å². The maximum atomic E-state index is 13.0. The summed E-state index contributed by atoms with van der Waals surface area (Å²) in [5, 5.41) is 0. The highest BCUT2D eigenvalue weighted by atomic mass is 19.4. The van der Waals surface area contributed by atoms with Crippen molar-refractivity contribution in [1.82, 2.24) is 14.0 Å². The second kappa shape index (κ2) is 8.42. The summed E-state index contributed by atoms with van der Waals surface area (Å²) in [5.41, 5.74) is 1.86. The predicted octanol–water partition coefficient (Wildman–Crippen LogP) is 4.22. The van der Waals surface area contributed by atoms with Gasteiger partial charge in [0.05, 0.1) is 16.6 Å². The number of nitrogens with zero attached hydrogens (tertiary/aromatic N) is 4. The molecule has 8 heteroatoms. The summed E-state index contributed by atoms with van der Waals surface area (Å²) in [7, 11) is 0. The Morgan fingerprint density at radius 3 is 2.23 bits per heavy atom. The molecule has 2 aromatic carbocycles. The maximum absolute atomic E-state index is 13.0. The number of anilines is 1. The number of imidazole rings is 1. The van der Waals surface area contributed by atoms with Crippen molar-refractivity contribution in [2.45, 2.75) is 32.6 Å². The van der Waals surface area contributed by atoms with E-state index < -0.39 is 11.7 Å².